The molecule has 13 aromatic rings. The summed E-state index contributed by atoms with van der Waals surface area (Å²) in [6, 6.07) is 94.1. The number of rotatable bonds is 8. The maximum absolute atomic E-state index is 5.42. The summed E-state index contributed by atoms with van der Waals surface area (Å²) < 4.78 is 4.94. The number of nitrogens with zero attached hydrogens (tertiary/aromatic N) is 3. The van der Waals surface area contributed by atoms with Crippen LogP contribution in [0.3, 0.4) is 0 Å². The Kier molecular flexibility index (Phi) is 9.50. The monoisotopic (exact) mass is 865 g/mol. The minimum Gasteiger partial charge on any atom is -0.307 e. The average molecular weight is 866 g/mol. The number of pyridine rings is 1. The fraction of sp³-hybridized carbons (Fsp3) is 0. The predicted octanol–water partition coefficient (Wildman–Crippen LogP) is 17.3. The molecule has 0 N–H and O–H groups in total. The first kappa shape index (κ1) is 39.3. The van der Waals surface area contributed by atoms with Crippen LogP contribution < -0.4 is 0 Å². The molecule has 0 amide bonds. The van der Waals surface area contributed by atoms with E-state index in [4.69, 9.17) is 4.98 Å². The number of hydrogen-bond donors (Lipinski definition) is 0. The van der Waals surface area contributed by atoms with Crippen LogP contribution >= 0.6 is 0 Å². The van der Waals surface area contributed by atoms with Crippen molar-refractivity contribution in [1.29, 1.82) is 0 Å². The molecule has 10 aromatic carbocycles. The summed E-state index contributed by atoms with van der Waals surface area (Å²) in [6.45, 7) is 0. The minimum atomic E-state index is 0.921. The van der Waals surface area contributed by atoms with Crippen LogP contribution in [0.2, 0.25) is 0 Å². The molecule has 68 heavy (non-hydrogen) atoms. The molecule has 0 bridgehead atoms. The highest BCUT2D eigenvalue weighted by molar-refractivity contribution is 6.23. The fourth-order valence-electron chi connectivity index (χ4n) is 10.2. The lowest BCUT2D eigenvalue weighted by atomic mass is 9.98. The highest BCUT2D eigenvalue weighted by Gasteiger charge is 2.22. The maximum Gasteiger partial charge on any atom is 0.0788 e. The van der Waals surface area contributed by atoms with E-state index in [1.807, 2.05) is 0 Å². The third kappa shape index (κ3) is 6.80. The summed E-state index contributed by atoms with van der Waals surface area (Å²) in [5.41, 5.74) is 20.3. The molecule has 13 rings (SSSR count). The van der Waals surface area contributed by atoms with Gasteiger partial charge in [0.25, 0.3) is 0 Å². The Labute approximate surface area is 395 Å². The van der Waals surface area contributed by atoms with Gasteiger partial charge in [-0.25, -0.2) is 4.98 Å². The summed E-state index contributed by atoms with van der Waals surface area (Å²) in [6.07, 6.45) is 0. The number of fused-ring (bicyclic) bond motifs is 7. The van der Waals surface area contributed by atoms with Crippen LogP contribution in [-0.2, 0) is 0 Å². The van der Waals surface area contributed by atoms with Crippen molar-refractivity contribution < 1.29 is 0 Å². The largest absolute Gasteiger partial charge is 0.307 e. The first-order chi connectivity index (χ1) is 33.7. The fourth-order valence-corrected chi connectivity index (χ4v) is 10.2. The zero-order valence-corrected chi connectivity index (χ0v) is 37.2. The third-order valence-electron chi connectivity index (χ3n) is 13.5. The van der Waals surface area contributed by atoms with Gasteiger partial charge in [0.2, 0.25) is 0 Å². The molecule has 0 aliphatic rings. The molecule has 0 unspecified atom stereocenters. The first-order valence-electron chi connectivity index (χ1n) is 23.3. The molecule has 0 atom stereocenters. The van der Waals surface area contributed by atoms with Gasteiger partial charge in [-0.1, -0.05) is 206 Å². The standard InChI is InChI=1S/C65H43N3/c1-4-16-44(17-5-1)47-30-32-49(33-31-47)60-42-53(46-20-8-3-9-21-46)43-61(66-60)52-24-15-25-55(41-52)68-63-29-13-11-27-57(63)59-39-38-58-56-26-10-12-28-62(56)67(64(58)65(59)68)54-36-34-48(35-37-54)51-23-14-22-50(40-51)45-18-6-2-7-19-45/h1-43H. The molecule has 0 radical (unpaired) electrons. The van der Waals surface area contributed by atoms with Crippen molar-refractivity contribution in [3.63, 3.8) is 0 Å². The van der Waals surface area contributed by atoms with Crippen LogP contribution in [0.25, 0.3) is 122 Å². The summed E-state index contributed by atoms with van der Waals surface area (Å²) >= 11 is 0. The second-order valence-electron chi connectivity index (χ2n) is 17.5. The van der Waals surface area contributed by atoms with Gasteiger partial charge < -0.3 is 9.13 Å². The van der Waals surface area contributed by atoms with E-state index in [1.54, 1.807) is 0 Å². The van der Waals surface area contributed by atoms with Gasteiger partial charge in [0.05, 0.1) is 33.5 Å². The number of benzene rings is 10. The molecule has 0 fully saturated rings. The minimum absolute atomic E-state index is 0.921. The average Bonchev–Trinajstić information content (AvgIpc) is 3.95. The Morgan fingerprint density at radius 1 is 0.221 bits per heavy atom. The highest BCUT2D eigenvalue weighted by Crippen LogP contribution is 2.43. The Bertz CT molecular complexity index is 3980. The van der Waals surface area contributed by atoms with Crippen molar-refractivity contribution in [1.82, 2.24) is 14.1 Å². The van der Waals surface area contributed by atoms with E-state index >= 15 is 0 Å². The highest BCUT2D eigenvalue weighted by atomic mass is 15.0. The molecular weight excluding hydrogens is 823 g/mol. The molecule has 0 aliphatic carbocycles. The van der Waals surface area contributed by atoms with Gasteiger partial charge in [0.1, 0.15) is 0 Å². The predicted molar refractivity (Wildman–Crippen MR) is 286 cm³/mol. The van der Waals surface area contributed by atoms with E-state index in [0.717, 1.165) is 50.5 Å². The quantitative estimate of drug-likeness (QED) is 0.149. The van der Waals surface area contributed by atoms with E-state index in [0.29, 0.717) is 0 Å². The zero-order valence-electron chi connectivity index (χ0n) is 37.2. The Balaban J connectivity index is 0.982. The number of aromatic nitrogens is 3. The van der Waals surface area contributed by atoms with E-state index in [2.05, 4.69) is 270 Å². The second-order valence-corrected chi connectivity index (χ2v) is 17.5. The van der Waals surface area contributed by atoms with Crippen LogP contribution in [0.1, 0.15) is 0 Å². The van der Waals surface area contributed by atoms with Gasteiger partial charge >= 0.3 is 0 Å². The van der Waals surface area contributed by atoms with E-state index < -0.39 is 0 Å². The maximum atomic E-state index is 5.42. The van der Waals surface area contributed by atoms with Crippen molar-refractivity contribution >= 4 is 43.6 Å². The Hall–Kier alpha value is -9.05. The Morgan fingerprint density at radius 2 is 0.618 bits per heavy atom. The number of para-hydroxylation sites is 2. The van der Waals surface area contributed by atoms with Crippen LogP contribution in [-0.4, -0.2) is 14.1 Å². The SMILES string of the molecule is c1ccc(-c2ccc(-c3cc(-c4ccccc4)cc(-c4cccc(-n5c6ccccc6c6ccc7c8ccccc8n(-c8ccc(-c9cccc(-c%10ccccc%10)c9)cc8)c7c65)c4)n3)cc2)cc1. The molecule has 0 spiro atoms. The van der Waals surface area contributed by atoms with Gasteiger partial charge in [-0.05, 0) is 99.1 Å². The van der Waals surface area contributed by atoms with Crippen molar-refractivity contribution in [2.75, 3.05) is 0 Å². The van der Waals surface area contributed by atoms with E-state index in [-0.39, 0.29) is 0 Å². The van der Waals surface area contributed by atoms with Gasteiger partial charge in [-0.15, -0.1) is 0 Å². The van der Waals surface area contributed by atoms with Gasteiger partial charge in [-0.2, -0.15) is 0 Å². The van der Waals surface area contributed by atoms with Crippen molar-refractivity contribution in [3.05, 3.63) is 261 Å². The molecular formula is C65H43N3. The van der Waals surface area contributed by atoms with Crippen molar-refractivity contribution in [2.45, 2.75) is 0 Å². The van der Waals surface area contributed by atoms with Crippen molar-refractivity contribution in [3.8, 4) is 78.4 Å². The van der Waals surface area contributed by atoms with Crippen LogP contribution in [0, 0.1) is 0 Å². The molecule has 0 saturated carbocycles. The summed E-state index contributed by atoms with van der Waals surface area (Å²) in [5.74, 6) is 0. The zero-order chi connectivity index (χ0) is 45.0. The lowest BCUT2D eigenvalue weighted by Crippen LogP contribution is -1.99. The lowest BCUT2D eigenvalue weighted by molar-refractivity contribution is 1.15. The Morgan fingerprint density at radius 3 is 1.21 bits per heavy atom. The molecule has 3 heterocycles. The molecule has 3 heteroatoms. The van der Waals surface area contributed by atoms with E-state index in [9.17, 15) is 0 Å². The van der Waals surface area contributed by atoms with Crippen molar-refractivity contribution in [2.24, 2.45) is 0 Å². The second kappa shape index (κ2) is 16.4. The summed E-state index contributed by atoms with van der Waals surface area (Å²) in [7, 11) is 0. The third-order valence-corrected chi connectivity index (χ3v) is 13.5. The molecule has 318 valence electrons. The normalized spacial score (nSPS) is 11.5. The first-order valence-corrected chi connectivity index (χ1v) is 23.3. The smallest absolute Gasteiger partial charge is 0.0788 e. The summed E-state index contributed by atoms with van der Waals surface area (Å²) in [4.78, 5) is 5.42. The van der Waals surface area contributed by atoms with Crippen LogP contribution in [0.4, 0.5) is 0 Å². The molecule has 0 aliphatic heterocycles. The van der Waals surface area contributed by atoms with Crippen LogP contribution in [0.15, 0.2) is 261 Å². The van der Waals surface area contributed by atoms with Gasteiger partial charge in [0, 0.05) is 44.0 Å². The van der Waals surface area contributed by atoms with Crippen LogP contribution in [0.5, 0.6) is 0 Å². The van der Waals surface area contributed by atoms with Gasteiger partial charge in [-0.3, -0.25) is 0 Å². The summed E-state index contributed by atoms with van der Waals surface area (Å²) in [5, 5.41) is 4.86. The van der Waals surface area contributed by atoms with E-state index in [1.165, 1.54) is 71.5 Å². The number of hydrogen-bond acceptors (Lipinski definition) is 1. The van der Waals surface area contributed by atoms with Gasteiger partial charge in [0.15, 0.2) is 0 Å². The molecule has 3 aromatic heterocycles. The topological polar surface area (TPSA) is 22.8 Å². The molecule has 0 saturated heterocycles. The lowest BCUT2D eigenvalue weighted by Gasteiger charge is -2.15. The molecule has 3 nitrogen and oxygen atoms in total.